The Morgan fingerprint density at radius 3 is 1.94 bits per heavy atom. The fourth-order valence-electron chi connectivity index (χ4n) is 12.4. The summed E-state index contributed by atoms with van der Waals surface area (Å²) in [7, 11) is 5.40. The summed E-state index contributed by atoms with van der Waals surface area (Å²) in [5.74, 6) is -6.98. The van der Waals surface area contributed by atoms with E-state index in [1.165, 1.54) is 0 Å². The van der Waals surface area contributed by atoms with Gasteiger partial charge in [0.2, 0.25) is 11.8 Å². The number of aliphatic hydroxyl groups is 10. The second kappa shape index (κ2) is 41.6. The maximum atomic E-state index is 14.1. The molecule has 14 unspecified atom stereocenters. The molecule has 0 aliphatic carbocycles. The summed E-state index contributed by atoms with van der Waals surface area (Å²) in [5.41, 5.74) is 1.30. The molecule has 2 bridgehead atoms. The normalized spacial score (nSPS) is 35.0. The van der Waals surface area contributed by atoms with Crippen molar-refractivity contribution in [3.05, 3.63) is 115 Å². The first-order valence-corrected chi connectivity index (χ1v) is 33.7. The van der Waals surface area contributed by atoms with E-state index >= 15 is 0 Å². The second-order valence-electron chi connectivity index (χ2n) is 26.3. The number of nitrogens with one attached hydrogen (secondary N) is 3. The third-order valence-corrected chi connectivity index (χ3v) is 17.6. The second-order valence-corrected chi connectivity index (χ2v) is 26.3. The molecule has 19 atom stereocenters. The van der Waals surface area contributed by atoms with Gasteiger partial charge in [-0.3, -0.25) is 24.0 Å². The number of hydrogen-bond acceptors (Lipinski definition) is 22. The van der Waals surface area contributed by atoms with E-state index in [0.29, 0.717) is 25.1 Å². The molecule has 5 rings (SSSR count). The number of hydrogen-bond donors (Lipinski definition) is 13. The number of allylic oxidation sites excluding steroid dienone is 12. The van der Waals surface area contributed by atoms with Crippen LogP contribution in [0.1, 0.15) is 134 Å². The molecule has 1 aromatic rings. The molecule has 0 radical (unpaired) electrons. The van der Waals surface area contributed by atoms with E-state index in [2.05, 4.69) is 20.9 Å². The predicted octanol–water partition coefficient (Wildman–Crippen LogP) is 3.37. The van der Waals surface area contributed by atoms with Gasteiger partial charge < -0.3 is 95.8 Å². The standard InChI is InChI=1S/C71H109N5O19/c1-46-22-18-15-13-11-9-7-8-10-12-14-16-19-23-58(93-70-67(89)65(66(88)48(3)92-70)74-62(86)30-34-76-32-20-17-21-33-76)43-61-64(69(90)73-31-35-75(5)6)60(85)45-71(91,95-61)44-57(83)40-55(81)38-53(79)36-52(78)37-54(80)39-56(82)42-63(87)94-68(46)47(2)24-29-51(77)41-59(84)49-25-27-50(72-4)28-26-49/h7-16,18-19,22-23,25-28,46-48,51-53,55-58,60-61,64-68,70,72,77-79,81-83,85,88-89,91H,17,20-21,24,29-45H2,1-6H3,(H,73,90)(H,74,86)/b8-7+,11-9+,12-10+,15-13+,16-14+,22-18+,23-19+/t46?,47?,48-,51?,52?,53?,55?,56?,57?,58?,60?,61?,64?,65+,66-,67+,68?,70+,71?/m1/s1. The number of esters is 1. The van der Waals surface area contributed by atoms with Gasteiger partial charge in [-0.2, -0.15) is 0 Å². The zero-order valence-corrected chi connectivity index (χ0v) is 56.2. The van der Waals surface area contributed by atoms with Gasteiger partial charge in [0.1, 0.15) is 24.1 Å². The van der Waals surface area contributed by atoms with Crippen LogP contribution < -0.4 is 16.0 Å². The van der Waals surface area contributed by atoms with Crippen LogP contribution in [-0.4, -0.2) is 242 Å². The first-order valence-electron chi connectivity index (χ1n) is 33.7. The molecule has 0 spiro atoms. The lowest BCUT2D eigenvalue weighted by Crippen LogP contribution is -2.64. The summed E-state index contributed by atoms with van der Waals surface area (Å²) in [5, 5.41) is 122. The lowest BCUT2D eigenvalue weighted by molar-refractivity contribution is -0.307. The molecule has 3 saturated heterocycles. The van der Waals surface area contributed by atoms with Crippen LogP contribution in [0.15, 0.2) is 109 Å². The minimum atomic E-state index is -2.32. The van der Waals surface area contributed by atoms with Gasteiger partial charge in [-0.1, -0.05) is 105 Å². The van der Waals surface area contributed by atoms with Crippen LogP contribution in [0.3, 0.4) is 0 Å². The molecule has 1 aromatic carbocycles. The van der Waals surface area contributed by atoms with Crippen LogP contribution in [0.5, 0.6) is 0 Å². The number of likely N-dealkylation sites (N-methyl/N-ethyl adjacent to an activating group) is 1. The molecule has 2 amide bonds. The highest BCUT2D eigenvalue weighted by Crippen LogP contribution is 2.38. The van der Waals surface area contributed by atoms with Gasteiger partial charge in [0.25, 0.3) is 0 Å². The number of ether oxygens (including phenoxy) is 4. The molecule has 24 nitrogen and oxygen atoms in total. The van der Waals surface area contributed by atoms with Crippen molar-refractivity contribution >= 4 is 35.0 Å². The average Bonchev–Trinajstić information content (AvgIpc) is 0.793. The number of ketones is 2. The van der Waals surface area contributed by atoms with Gasteiger partial charge in [-0.05, 0) is 109 Å². The molecule has 532 valence electrons. The Labute approximate surface area is 560 Å². The summed E-state index contributed by atoms with van der Waals surface area (Å²) >= 11 is 0. The van der Waals surface area contributed by atoms with Gasteiger partial charge in [0.05, 0.1) is 79.4 Å². The highest BCUT2D eigenvalue weighted by molar-refractivity contribution is 5.96. The summed E-state index contributed by atoms with van der Waals surface area (Å²) < 4.78 is 24.8. The molecular weight excluding hydrogens is 1230 g/mol. The Morgan fingerprint density at radius 2 is 1.32 bits per heavy atom. The molecule has 4 aliphatic heterocycles. The van der Waals surface area contributed by atoms with Crippen LogP contribution in [-0.2, 0) is 38.1 Å². The molecule has 24 heteroatoms. The quantitative estimate of drug-likeness (QED) is 0.0740. The smallest absolute Gasteiger partial charge is 0.308 e. The number of fused-ring (bicyclic) bond motifs is 2. The largest absolute Gasteiger partial charge is 0.461 e. The van der Waals surface area contributed by atoms with Crippen LogP contribution >= 0.6 is 0 Å². The lowest BCUT2D eigenvalue weighted by atomic mass is 9.82. The number of piperidine rings is 1. The van der Waals surface area contributed by atoms with Crippen molar-refractivity contribution in [2.24, 2.45) is 17.8 Å². The maximum absolute atomic E-state index is 14.1. The molecule has 95 heavy (non-hydrogen) atoms. The number of amides is 2. The number of rotatable bonds is 18. The molecule has 0 saturated carbocycles. The van der Waals surface area contributed by atoms with Crippen LogP contribution in [0.25, 0.3) is 0 Å². The Hall–Kier alpha value is -5.65. The fourth-order valence-corrected chi connectivity index (χ4v) is 12.4. The molecule has 0 aromatic heterocycles. The molecular formula is C71H109N5O19. The monoisotopic (exact) mass is 1340 g/mol. The third kappa shape index (κ3) is 29.1. The fraction of sp³-hybridized carbons (Fsp3) is 0.648. The summed E-state index contributed by atoms with van der Waals surface area (Å²) in [6.07, 6.45) is 5.77. The minimum absolute atomic E-state index is 0.108. The van der Waals surface area contributed by atoms with Gasteiger partial charge >= 0.3 is 5.97 Å². The van der Waals surface area contributed by atoms with E-state index in [-0.39, 0.29) is 62.2 Å². The summed E-state index contributed by atoms with van der Waals surface area (Å²) in [4.78, 5) is 71.0. The first kappa shape index (κ1) is 80.0. The Bertz CT molecular complexity index is 2720. The van der Waals surface area contributed by atoms with Crippen molar-refractivity contribution < 1.29 is 94.0 Å². The number of carbonyl (C=O) groups is 5. The van der Waals surface area contributed by atoms with Gasteiger partial charge in [0, 0.05) is 88.8 Å². The number of benzene rings is 1. The molecule has 4 heterocycles. The van der Waals surface area contributed by atoms with E-state index in [4.69, 9.17) is 18.9 Å². The lowest BCUT2D eigenvalue weighted by Gasteiger charge is -2.46. The number of Topliss-reactive ketones (excluding diaryl/α,β-unsaturated/α-hetero) is 2. The first-order chi connectivity index (χ1) is 45.2. The number of anilines is 1. The van der Waals surface area contributed by atoms with E-state index in [0.717, 1.165) is 38.0 Å². The van der Waals surface area contributed by atoms with Gasteiger partial charge in [0.15, 0.2) is 17.9 Å². The average molecular weight is 1340 g/mol. The summed E-state index contributed by atoms with van der Waals surface area (Å²) in [6, 6.07) is 5.71. The molecule has 3 fully saturated rings. The van der Waals surface area contributed by atoms with Gasteiger partial charge in [-0.15, -0.1) is 0 Å². The highest BCUT2D eigenvalue weighted by Gasteiger charge is 2.51. The molecule has 4 aliphatic rings. The van der Waals surface area contributed by atoms with Crippen LogP contribution in [0, 0.1) is 17.8 Å². The highest BCUT2D eigenvalue weighted by atomic mass is 16.7. The Kier molecular flexibility index (Phi) is 35.0. The Balaban J connectivity index is 1.38. The number of cyclic esters (lactones) is 1. The van der Waals surface area contributed by atoms with Crippen molar-refractivity contribution in [1.29, 1.82) is 0 Å². The number of nitrogens with zero attached hydrogens (tertiary/aromatic N) is 2. The van der Waals surface area contributed by atoms with Crippen molar-refractivity contribution in [2.45, 2.75) is 221 Å². The summed E-state index contributed by atoms with van der Waals surface area (Å²) in [6.45, 7) is 8.16. The predicted molar refractivity (Wildman–Crippen MR) is 358 cm³/mol. The van der Waals surface area contributed by atoms with Crippen molar-refractivity contribution in [2.75, 3.05) is 59.2 Å². The zero-order valence-electron chi connectivity index (χ0n) is 56.2. The topological polar surface area (TPSA) is 367 Å². The van der Waals surface area contributed by atoms with E-state index < -0.39 is 166 Å². The third-order valence-electron chi connectivity index (χ3n) is 17.6. The van der Waals surface area contributed by atoms with Crippen LogP contribution in [0.4, 0.5) is 5.69 Å². The van der Waals surface area contributed by atoms with Crippen LogP contribution in [0.2, 0.25) is 0 Å². The zero-order chi connectivity index (χ0) is 69.6. The van der Waals surface area contributed by atoms with E-state index in [1.807, 2.05) is 38.9 Å². The van der Waals surface area contributed by atoms with Crippen molar-refractivity contribution in [3.8, 4) is 0 Å². The molecule has 13 N–H and O–H groups in total. The SMILES string of the molecule is CNc1ccc(C(=O)CC(O)CCC(C)C2OC(=O)CC(O)CC(=O)CC(O)CC(O)CC(O)CC(O)CC3(O)CC(O)C(C(=O)NCCN(C)C)C(CC(O[C@@H]4O[C@H](C)[C@@H](O)[C@H](NC(=O)CCN5CCCCC5)[C@@H]4O)/C=C/C=C/C=C/C=C/C=C/C=C/C=C/C2C)O3)cc1. The Morgan fingerprint density at radius 1 is 0.726 bits per heavy atom. The minimum Gasteiger partial charge on any atom is -0.461 e. The van der Waals surface area contributed by atoms with Gasteiger partial charge in [-0.25, -0.2) is 0 Å². The van der Waals surface area contributed by atoms with Crippen molar-refractivity contribution in [1.82, 2.24) is 20.4 Å². The number of carbonyl (C=O) groups excluding carboxylic acids is 5. The van der Waals surface area contributed by atoms with E-state index in [9.17, 15) is 75.0 Å². The number of likely N-dealkylation sites (tertiary alicyclic amines) is 1. The number of aliphatic hydroxyl groups excluding tert-OH is 9. The van der Waals surface area contributed by atoms with E-state index in [1.54, 1.807) is 117 Å². The van der Waals surface area contributed by atoms with Crippen molar-refractivity contribution in [3.63, 3.8) is 0 Å². The maximum Gasteiger partial charge on any atom is 0.308 e.